The van der Waals surface area contributed by atoms with E-state index in [1.807, 2.05) is 6.92 Å². The Labute approximate surface area is 159 Å². The van der Waals surface area contributed by atoms with E-state index in [-0.39, 0.29) is 38.3 Å². The van der Waals surface area contributed by atoms with Crippen LogP contribution >= 0.6 is 0 Å². The van der Waals surface area contributed by atoms with Crippen LogP contribution in [0.4, 0.5) is 0 Å². The molecule has 0 N–H and O–H groups in total. The summed E-state index contributed by atoms with van der Waals surface area (Å²) in [5.74, 6) is 0.902. The smallest absolute Gasteiger partial charge is 0.350 e. The van der Waals surface area contributed by atoms with Crippen molar-refractivity contribution in [3.8, 4) is 12.3 Å². The lowest BCUT2D eigenvalue weighted by atomic mass is 9.95. The van der Waals surface area contributed by atoms with E-state index in [4.69, 9.17) is 29.8 Å². The summed E-state index contributed by atoms with van der Waals surface area (Å²) in [7, 11) is 0. The molecule has 0 saturated carbocycles. The van der Waals surface area contributed by atoms with E-state index in [0.717, 1.165) is 0 Å². The molecule has 3 atom stereocenters. The van der Waals surface area contributed by atoms with Gasteiger partial charge in [0.15, 0.2) is 0 Å². The van der Waals surface area contributed by atoms with Crippen LogP contribution < -0.4 is 0 Å². The number of hydrogen-bond donors (Lipinski definition) is 0. The molecule has 3 unspecified atom stereocenters. The predicted octanol–water partition coefficient (Wildman–Crippen LogP) is 2.13. The van der Waals surface area contributed by atoms with Gasteiger partial charge in [0.25, 0.3) is 5.60 Å². The van der Waals surface area contributed by atoms with Gasteiger partial charge in [0.2, 0.25) is 0 Å². The highest BCUT2D eigenvalue weighted by atomic mass is 16.6. The van der Waals surface area contributed by atoms with E-state index in [1.165, 1.54) is 12.5 Å². The highest BCUT2D eigenvalue weighted by Crippen LogP contribution is 2.29. The maximum atomic E-state index is 12.8. The van der Waals surface area contributed by atoms with Gasteiger partial charge >= 0.3 is 11.9 Å². The highest BCUT2D eigenvalue weighted by Gasteiger charge is 2.52. The zero-order valence-corrected chi connectivity index (χ0v) is 15.9. The summed E-state index contributed by atoms with van der Waals surface area (Å²) < 4.78 is 27.0. The first-order valence-electron chi connectivity index (χ1n) is 9.07. The minimum Gasteiger partial charge on any atom is -0.472 e. The van der Waals surface area contributed by atoms with Crippen molar-refractivity contribution in [1.82, 2.24) is 0 Å². The Morgan fingerprint density at radius 3 is 2.48 bits per heavy atom. The van der Waals surface area contributed by atoms with E-state index < -0.39 is 23.6 Å². The molecular weight excluding hydrogens is 352 g/mol. The van der Waals surface area contributed by atoms with Crippen LogP contribution in [0, 0.1) is 18.3 Å². The molecule has 0 aliphatic carbocycles. The molecule has 0 amide bonds. The Bertz CT molecular complexity index is 640. The number of ether oxygens (including phenoxy) is 4. The molecular formula is C20H26O7. The van der Waals surface area contributed by atoms with Gasteiger partial charge in [-0.25, -0.2) is 9.59 Å². The molecule has 2 rings (SSSR count). The van der Waals surface area contributed by atoms with E-state index >= 15 is 0 Å². The second kappa shape index (κ2) is 9.58. The predicted molar refractivity (Wildman–Crippen MR) is 95.6 cm³/mol. The van der Waals surface area contributed by atoms with Crippen LogP contribution in [0.3, 0.4) is 0 Å². The van der Waals surface area contributed by atoms with E-state index in [1.54, 1.807) is 19.9 Å². The molecule has 0 bridgehead atoms. The van der Waals surface area contributed by atoms with Crippen molar-refractivity contribution >= 4 is 11.9 Å². The Hall–Kier alpha value is -2.30. The second-order valence-electron chi connectivity index (χ2n) is 6.38. The Morgan fingerprint density at radius 1 is 1.30 bits per heavy atom. The third-order valence-corrected chi connectivity index (χ3v) is 4.39. The van der Waals surface area contributed by atoms with Crippen LogP contribution in [-0.4, -0.2) is 49.6 Å². The van der Waals surface area contributed by atoms with Gasteiger partial charge in [-0.2, -0.15) is 0 Å². The normalized spacial score (nSPS) is 22.2. The molecule has 7 heteroatoms. The largest absolute Gasteiger partial charge is 0.472 e. The van der Waals surface area contributed by atoms with Gasteiger partial charge in [0, 0.05) is 6.42 Å². The molecule has 1 aliphatic rings. The number of hydrogen-bond acceptors (Lipinski definition) is 7. The number of carbonyl (C=O) groups is 2. The van der Waals surface area contributed by atoms with E-state index in [9.17, 15) is 9.59 Å². The SMILES string of the molecule is C#CC1CC(C)OC1COC(Cc1ccoc1)(C(=O)OCC)C(=O)OCC. The monoisotopic (exact) mass is 378 g/mol. The first-order valence-corrected chi connectivity index (χ1v) is 9.07. The number of rotatable bonds is 9. The molecule has 0 radical (unpaired) electrons. The fourth-order valence-electron chi connectivity index (χ4n) is 3.09. The summed E-state index contributed by atoms with van der Waals surface area (Å²) in [5.41, 5.74) is -1.35. The molecule has 1 saturated heterocycles. The van der Waals surface area contributed by atoms with Gasteiger partial charge in [0.1, 0.15) is 0 Å². The quantitative estimate of drug-likeness (QED) is 0.370. The first-order chi connectivity index (χ1) is 13.0. The van der Waals surface area contributed by atoms with Crippen LogP contribution in [0.5, 0.6) is 0 Å². The zero-order chi connectivity index (χ0) is 19.9. The van der Waals surface area contributed by atoms with Crippen molar-refractivity contribution in [2.75, 3.05) is 19.8 Å². The lowest BCUT2D eigenvalue weighted by molar-refractivity contribution is -0.195. The molecule has 2 heterocycles. The molecule has 1 aromatic heterocycles. The minimum absolute atomic E-state index is 0.0203. The van der Waals surface area contributed by atoms with Crippen LogP contribution in [0.15, 0.2) is 23.0 Å². The summed E-state index contributed by atoms with van der Waals surface area (Å²) >= 11 is 0. The molecule has 1 aliphatic heterocycles. The summed E-state index contributed by atoms with van der Waals surface area (Å²) in [6.45, 7) is 5.38. The molecule has 1 aromatic rings. The lowest BCUT2D eigenvalue weighted by Crippen LogP contribution is -2.54. The van der Waals surface area contributed by atoms with Crippen molar-refractivity contribution < 1.29 is 33.0 Å². The number of carbonyl (C=O) groups excluding carboxylic acids is 2. The fraction of sp³-hybridized carbons (Fsp3) is 0.600. The highest BCUT2D eigenvalue weighted by molar-refractivity contribution is 6.04. The third kappa shape index (κ3) is 4.90. The third-order valence-electron chi connectivity index (χ3n) is 4.39. The molecule has 148 valence electrons. The molecule has 0 spiro atoms. The summed E-state index contributed by atoms with van der Waals surface area (Å²) in [6, 6.07) is 1.65. The van der Waals surface area contributed by atoms with Gasteiger partial charge in [-0.3, -0.25) is 0 Å². The van der Waals surface area contributed by atoms with Crippen LogP contribution in [0.25, 0.3) is 0 Å². The standard InChI is InChI=1S/C20H26O7/c1-5-16-10-14(4)27-17(16)13-26-20(18(21)24-6-2,19(22)25-7-3)11-15-8-9-23-12-15/h1,8-9,12,14,16-17H,6-7,10-11,13H2,2-4H3. The summed E-state index contributed by atoms with van der Waals surface area (Å²) in [6.07, 6.45) is 8.63. The zero-order valence-electron chi connectivity index (χ0n) is 15.9. The minimum atomic E-state index is -1.95. The van der Waals surface area contributed by atoms with Gasteiger partial charge in [0.05, 0.1) is 50.5 Å². The number of terminal acetylenes is 1. The Kier molecular flexibility index (Phi) is 7.45. The van der Waals surface area contributed by atoms with Crippen LogP contribution in [0.2, 0.25) is 0 Å². The van der Waals surface area contributed by atoms with Gasteiger partial charge in [-0.15, -0.1) is 12.3 Å². The summed E-state index contributed by atoms with van der Waals surface area (Å²) in [4.78, 5) is 25.5. The fourth-order valence-corrected chi connectivity index (χ4v) is 3.09. The Morgan fingerprint density at radius 2 is 1.96 bits per heavy atom. The van der Waals surface area contributed by atoms with Crippen LogP contribution in [-0.2, 0) is 35.0 Å². The van der Waals surface area contributed by atoms with E-state index in [0.29, 0.717) is 12.0 Å². The second-order valence-corrected chi connectivity index (χ2v) is 6.38. The van der Waals surface area contributed by atoms with E-state index in [2.05, 4.69) is 5.92 Å². The molecule has 7 nitrogen and oxygen atoms in total. The molecule has 27 heavy (non-hydrogen) atoms. The van der Waals surface area contributed by atoms with Gasteiger partial charge in [-0.05, 0) is 38.8 Å². The van der Waals surface area contributed by atoms with Gasteiger partial charge in [-0.1, -0.05) is 0 Å². The average molecular weight is 378 g/mol. The van der Waals surface area contributed by atoms with Crippen molar-refractivity contribution in [3.63, 3.8) is 0 Å². The van der Waals surface area contributed by atoms with Crippen molar-refractivity contribution in [1.29, 1.82) is 0 Å². The Balaban J connectivity index is 2.29. The van der Waals surface area contributed by atoms with Crippen molar-refractivity contribution in [3.05, 3.63) is 24.2 Å². The molecule has 1 fully saturated rings. The summed E-state index contributed by atoms with van der Waals surface area (Å²) in [5, 5.41) is 0. The maximum Gasteiger partial charge on any atom is 0.350 e. The lowest BCUT2D eigenvalue weighted by Gasteiger charge is -2.30. The number of furan rings is 1. The van der Waals surface area contributed by atoms with Gasteiger partial charge < -0.3 is 23.4 Å². The van der Waals surface area contributed by atoms with Crippen molar-refractivity contribution in [2.24, 2.45) is 5.92 Å². The number of esters is 2. The molecule has 0 aromatic carbocycles. The maximum absolute atomic E-state index is 12.8. The average Bonchev–Trinajstić information content (AvgIpc) is 3.27. The van der Waals surface area contributed by atoms with Crippen molar-refractivity contribution in [2.45, 2.75) is 51.4 Å². The first kappa shape index (κ1) is 21.0. The van der Waals surface area contributed by atoms with Crippen LogP contribution in [0.1, 0.15) is 32.8 Å². The topological polar surface area (TPSA) is 84.2 Å².